The van der Waals surface area contributed by atoms with Crippen molar-refractivity contribution < 1.29 is 33.6 Å². The van der Waals surface area contributed by atoms with Gasteiger partial charge in [0.2, 0.25) is 17.4 Å². The quantitative estimate of drug-likeness (QED) is 0.113. The number of aliphatic carboxylic acids is 1. The zero-order valence-corrected chi connectivity index (χ0v) is 21.5. The third-order valence-electron chi connectivity index (χ3n) is 5.42. The van der Waals surface area contributed by atoms with Crippen LogP contribution in [0.25, 0.3) is 0 Å². The molecule has 2 aliphatic heterocycles. The molecule has 0 saturated carbocycles. The summed E-state index contributed by atoms with van der Waals surface area (Å²) < 4.78 is 4.41. The average Bonchev–Trinajstić information content (AvgIpc) is 3.24. The van der Waals surface area contributed by atoms with Crippen molar-refractivity contribution in [2.75, 3.05) is 45.8 Å². The van der Waals surface area contributed by atoms with E-state index in [9.17, 15) is 24.3 Å². The van der Waals surface area contributed by atoms with Crippen molar-refractivity contribution in [3.05, 3.63) is 29.2 Å². The smallest absolute Gasteiger partial charge is 0.352 e. The fourth-order valence-corrected chi connectivity index (χ4v) is 5.32. The lowest BCUT2D eigenvalue weighted by Gasteiger charge is -2.49. The summed E-state index contributed by atoms with van der Waals surface area (Å²) in [5, 5.41) is 15.6. The number of carboxylic acids is 1. The van der Waals surface area contributed by atoms with Crippen LogP contribution in [0.5, 0.6) is 0 Å². The lowest BCUT2D eigenvalue weighted by molar-refractivity contribution is -0.883. The summed E-state index contributed by atoms with van der Waals surface area (Å²) >= 11 is 2.19. The maximum Gasteiger partial charge on any atom is 0.352 e. The molecule has 2 atom stereocenters. The Bertz CT molecular complexity index is 1160. The summed E-state index contributed by atoms with van der Waals surface area (Å²) in [6.07, 6.45) is 3.72. The molecule has 1 aromatic heterocycles. The van der Waals surface area contributed by atoms with Crippen LogP contribution in [-0.2, 0) is 24.0 Å². The minimum Gasteiger partial charge on any atom is -0.477 e. The van der Waals surface area contributed by atoms with Crippen LogP contribution in [0.1, 0.15) is 12.2 Å². The van der Waals surface area contributed by atoms with E-state index < -0.39 is 29.2 Å². The van der Waals surface area contributed by atoms with Crippen LogP contribution in [0.4, 0.5) is 5.13 Å². The number of fused-ring (bicyclic) bond motifs is 1. The van der Waals surface area contributed by atoms with Gasteiger partial charge in [-0.25, -0.2) is 4.79 Å². The number of nitrogens with zero attached hydrogens (tertiary/aromatic N) is 5. The molecule has 6 N–H and O–H groups in total. The molecule has 0 bridgehead atoms. The Hall–Kier alpha value is -3.50. The van der Waals surface area contributed by atoms with E-state index in [4.69, 9.17) is 16.3 Å². The first kappa shape index (κ1) is 27.1. The Morgan fingerprint density at radius 1 is 1.39 bits per heavy atom. The Morgan fingerprint density at radius 2 is 2.11 bits per heavy atom. The van der Waals surface area contributed by atoms with Crippen LogP contribution in [0.15, 0.2) is 28.6 Å². The van der Waals surface area contributed by atoms with Gasteiger partial charge in [-0.1, -0.05) is 11.2 Å². The minimum atomic E-state index is -1.25. The third kappa shape index (κ3) is 6.00. The highest BCUT2D eigenvalue weighted by Gasteiger charge is 2.54. The number of nitrogens with two attached hydrogens (primary N) is 2. The van der Waals surface area contributed by atoms with Gasteiger partial charge in [-0.3, -0.25) is 19.3 Å². The number of allylic oxidation sites excluding steroid dienone is 1. The Kier molecular flexibility index (Phi) is 8.31. The lowest BCUT2D eigenvalue weighted by atomic mass is 10.0. The zero-order valence-electron chi connectivity index (χ0n) is 19.8. The van der Waals surface area contributed by atoms with Crippen molar-refractivity contribution in [3.8, 4) is 0 Å². The van der Waals surface area contributed by atoms with Gasteiger partial charge in [0.1, 0.15) is 24.2 Å². The molecule has 3 heterocycles. The summed E-state index contributed by atoms with van der Waals surface area (Å²) in [6, 6.07) is -0.968. The van der Waals surface area contributed by atoms with Gasteiger partial charge >= 0.3 is 5.97 Å². The van der Waals surface area contributed by atoms with E-state index in [2.05, 4.69) is 19.8 Å². The predicted octanol–water partition coefficient (Wildman–Crippen LogP) is -1.28. The van der Waals surface area contributed by atoms with Crippen molar-refractivity contribution in [3.63, 3.8) is 0 Å². The molecule has 0 radical (unpaired) electrons. The number of thioether (sulfide) groups is 1. The second-order valence-corrected chi connectivity index (χ2v) is 10.5. The van der Waals surface area contributed by atoms with Crippen molar-refractivity contribution in [2.45, 2.75) is 17.8 Å². The van der Waals surface area contributed by atoms with Gasteiger partial charge in [-0.15, -0.1) is 11.8 Å². The number of nitrogens with one attached hydrogen (secondary N) is 1. The molecule has 3 amide bonds. The standard InChI is InChI=1S/C20H26N8O6S2/c1-28(2,8-6-11(21)29)7-4-5-10-9-35-18-13(17(31)27(18)14(10)19(32)33)23-16(30)12(25-34-3)15-24-20(22)36-26-15/h4-5,13,18H,6-9H2,1-3H3,(H5-,21,22,23,24,26,29,30,32,33)/p+1/b5-4+,25-12-/t13-,18+/m1/s1. The highest BCUT2D eigenvalue weighted by Crippen LogP contribution is 2.40. The number of quaternary nitrogens is 1. The van der Waals surface area contributed by atoms with Gasteiger partial charge in [-0.05, 0) is 11.6 Å². The van der Waals surface area contributed by atoms with E-state index in [0.717, 1.165) is 11.5 Å². The fourth-order valence-electron chi connectivity index (χ4n) is 3.57. The van der Waals surface area contributed by atoms with Crippen LogP contribution < -0.4 is 16.8 Å². The number of carbonyl (C=O) groups is 4. The van der Waals surface area contributed by atoms with Crippen LogP contribution in [-0.4, -0.2) is 105 Å². The van der Waals surface area contributed by atoms with E-state index >= 15 is 0 Å². The predicted molar refractivity (Wildman–Crippen MR) is 132 cm³/mol. The van der Waals surface area contributed by atoms with E-state index in [1.54, 1.807) is 6.08 Å². The number of likely N-dealkylation sites (N-methyl/N-ethyl adjacent to an activating group) is 1. The number of carboxylic acid groups (broad SMARTS) is 1. The number of carbonyl (C=O) groups excluding carboxylic acids is 3. The van der Waals surface area contributed by atoms with Crippen molar-refractivity contribution in [1.29, 1.82) is 0 Å². The molecule has 1 fully saturated rings. The molecule has 0 spiro atoms. The van der Waals surface area contributed by atoms with Gasteiger partial charge in [0.05, 0.1) is 33.6 Å². The SMILES string of the molecule is CO/N=C(\C(=O)N[C@@H]1C(=O)N2C(C(=O)O)=C(/C=C/C[N+](C)(C)CCC(N)=O)CS[C@@H]12)c1nsc(N)n1. The molecule has 1 saturated heterocycles. The van der Waals surface area contributed by atoms with Crippen molar-refractivity contribution in [1.82, 2.24) is 19.6 Å². The number of aromatic nitrogens is 2. The summed E-state index contributed by atoms with van der Waals surface area (Å²) in [5.74, 6) is -2.69. The maximum atomic E-state index is 12.9. The number of anilines is 1. The summed E-state index contributed by atoms with van der Waals surface area (Å²) in [7, 11) is 5.09. The Morgan fingerprint density at radius 3 is 2.69 bits per heavy atom. The molecule has 194 valence electrons. The van der Waals surface area contributed by atoms with Crippen LogP contribution in [0.2, 0.25) is 0 Å². The van der Waals surface area contributed by atoms with Crippen molar-refractivity contribution in [2.24, 2.45) is 10.9 Å². The second-order valence-electron chi connectivity index (χ2n) is 8.58. The van der Waals surface area contributed by atoms with Gasteiger partial charge in [0.25, 0.3) is 11.8 Å². The summed E-state index contributed by atoms with van der Waals surface area (Å²) in [4.78, 5) is 58.6. The van der Waals surface area contributed by atoms with Crippen LogP contribution >= 0.6 is 23.3 Å². The molecule has 0 aromatic carbocycles. The first-order valence-electron chi connectivity index (χ1n) is 10.6. The Labute approximate surface area is 214 Å². The first-order valence-corrected chi connectivity index (χ1v) is 12.5. The number of hydrogen-bond acceptors (Lipinski definition) is 11. The van der Waals surface area contributed by atoms with E-state index in [1.807, 2.05) is 20.2 Å². The summed E-state index contributed by atoms with van der Waals surface area (Å²) in [5.41, 5.74) is 10.9. The highest BCUT2D eigenvalue weighted by atomic mass is 32.2. The number of rotatable bonds is 11. The molecule has 2 aliphatic rings. The molecule has 0 aliphatic carbocycles. The molecule has 0 unspecified atom stereocenters. The number of nitrogen functional groups attached to an aromatic ring is 1. The van der Waals surface area contributed by atoms with E-state index in [1.165, 1.54) is 23.8 Å². The fraction of sp³-hybridized carbons (Fsp3) is 0.450. The normalized spacial score (nSPS) is 20.2. The van der Waals surface area contributed by atoms with Gasteiger partial charge in [0.15, 0.2) is 5.13 Å². The number of oxime groups is 1. The Balaban J connectivity index is 1.73. The molecule has 14 nitrogen and oxygen atoms in total. The number of primary amides is 1. The monoisotopic (exact) mass is 539 g/mol. The molecule has 16 heteroatoms. The number of amides is 3. The van der Waals surface area contributed by atoms with Gasteiger partial charge in [0, 0.05) is 17.3 Å². The van der Waals surface area contributed by atoms with Crippen molar-refractivity contribution >= 4 is 57.8 Å². The topological polar surface area (TPSA) is 203 Å². The molecule has 1 aromatic rings. The third-order valence-corrected chi connectivity index (χ3v) is 7.27. The molecular weight excluding hydrogens is 512 g/mol. The van der Waals surface area contributed by atoms with Crippen LogP contribution in [0, 0.1) is 0 Å². The largest absolute Gasteiger partial charge is 0.477 e. The van der Waals surface area contributed by atoms with E-state index in [-0.39, 0.29) is 34.7 Å². The molecule has 3 rings (SSSR count). The maximum absolute atomic E-state index is 12.9. The average molecular weight is 540 g/mol. The minimum absolute atomic E-state index is 0.0486. The highest BCUT2D eigenvalue weighted by molar-refractivity contribution is 8.00. The summed E-state index contributed by atoms with van der Waals surface area (Å²) in [6.45, 7) is 1.06. The molecular formula is C20H27N8O6S2+. The second kappa shape index (κ2) is 11.0. The zero-order chi connectivity index (χ0) is 26.6. The number of hydrogen-bond donors (Lipinski definition) is 4. The van der Waals surface area contributed by atoms with Gasteiger partial charge in [-0.2, -0.15) is 9.36 Å². The van der Waals surface area contributed by atoms with E-state index in [0.29, 0.717) is 28.9 Å². The number of β-lactam (4-membered cyclic amide) rings is 1. The molecule has 36 heavy (non-hydrogen) atoms. The van der Waals surface area contributed by atoms with Gasteiger partial charge < -0.3 is 31.2 Å². The lowest BCUT2D eigenvalue weighted by Crippen LogP contribution is -2.71. The van der Waals surface area contributed by atoms with Crippen LogP contribution in [0.3, 0.4) is 0 Å². The first-order chi connectivity index (χ1) is 16.9.